The SMILES string of the molecule is NC(=O)CN1CCC=C(c2nn[nH]n2)C1. The van der Waals surface area contributed by atoms with E-state index < -0.39 is 0 Å². The summed E-state index contributed by atoms with van der Waals surface area (Å²) < 4.78 is 0. The predicted molar refractivity (Wildman–Crippen MR) is 52.4 cm³/mol. The Bertz CT molecular complexity index is 370. The summed E-state index contributed by atoms with van der Waals surface area (Å²) >= 11 is 0. The summed E-state index contributed by atoms with van der Waals surface area (Å²) in [6.45, 7) is 1.75. The quantitative estimate of drug-likeness (QED) is 0.648. The van der Waals surface area contributed by atoms with E-state index in [-0.39, 0.29) is 12.5 Å². The highest BCUT2D eigenvalue weighted by Crippen LogP contribution is 2.15. The first kappa shape index (κ1) is 9.78. The fraction of sp³-hybridized carbons (Fsp3) is 0.500. The van der Waals surface area contributed by atoms with Crippen LogP contribution in [0.25, 0.3) is 5.57 Å². The fourth-order valence-corrected chi connectivity index (χ4v) is 1.62. The van der Waals surface area contributed by atoms with E-state index in [0.717, 1.165) is 18.5 Å². The predicted octanol–water partition coefficient (Wildman–Crippen LogP) is -1.23. The van der Waals surface area contributed by atoms with Crippen LogP contribution < -0.4 is 5.73 Å². The molecular formula is C8H12N6O. The van der Waals surface area contributed by atoms with Crippen LogP contribution in [0.15, 0.2) is 6.08 Å². The largest absolute Gasteiger partial charge is 0.369 e. The van der Waals surface area contributed by atoms with E-state index in [1.165, 1.54) is 0 Å². The summed E-state index contributed by atoms with van der Waals surface area (Å²) in [5.41, 5.74) is 6.12. The van der Waals surface area contributed by atoms with Crippen LogP contribution in [0.3, 0.4) is 0 Å². The van der Waals surface area contributed by atoms with Gasteiger partial charge in [0.15, 0.2) is 0 Å². The van der Waals surface area contributed by atoms with Gasteiger partial charge in [-0.15, -0.1) is 10.2 Å². The van der Waals surface area contributed by atoms with Crippen molar-refractivity contribution in [3.63, 3.8) is 0 Å². The molecule has 1 aromatic rings. The number of primary amides is 1. The number of rotatable bonds is 3. The van der Waals surface area contributed by atoms with Gasteiger partial charge < -0.3 is 5.73 Å². The number of carbonyl (C=O) groups is 1. The molecule has 0 atom stereocenters. The molecule has 2 heterocycles. The number of hydrogen-bond acceptors (Lipinski definition) is 5. The van der Waals surface area contributed by atoms with Gasteiger partial charge in [-0.05, 0) is 11.6 Å². The fourth-order valence-electron chi connectivity index (χ4n) is 1.62. The molecule has 0 aromatic carbocycles. The summed E-state index contributed by atoms with van der Waals surface area (Å²) in [5, 5.41) is 13.7. The molecule has 1 aliphatic rings. The summed E-state index contributed by atoms with van der Waals surface area (Å²) in [6, 6.07) is 0. The van der Waals surface area contributed by atoms with Crippen molar-refractivity contribution in [2.45, 2.75) is 6.42 Å². The Hall–Kier alpha value is -1.76. The number of amides is 1. The summed E-state index contributed by atoms with van der Waals surface area (Å²) in [7, 11) is 0. The molecule has 0 radical (unpaired) electrons. The van der Waals surface area contributed by atoms with Crippen LogP contribution in [0.4, 0.5) is 0 Å². The van der Waals surface area contributed by atoms with Crippen LogP contribution >= 0.6 is 0 Å². The molecule has 7 heteroatoms. The van der Waals surface area contributed by atoms with Crippen molar-refractivity contribution >= 4 is 11.5 Å². The minimum absolute atomic E-state index is 0.273. The summed E-state index contributed by atoms with van der Waals surface area (Å²) in [5.74, 6) is 0.272. The summed E-state index contributed by atoms with van der Waals surface area (Å²) in [4.78, 5) is 12.7. The molecule has 15 heavy (non-hydrogen) atoms. The smallest absolute Gasteiger partial charge is 0.231 e. The molecule has 2 rings (SSSR count). The zero-order chi connectivity index (χ0) is 10.7. The van der Waals surface area contributed by atoms with Crippen LogP contribution in [0.1, 0.15) is 12.2 Å². The number of carbonyl (C=O) groups excluding carboxylic acids is 1. The van der Waals surface area contributed by atoms with Crippen LogP contribution in [0, 0.1) is 0 Å². The van der Waals surface area contributed by atoms with Gasteiger partial charge in [-0.3, -0.25) is 9.69 Å². The lowest BCUT2D eigenvalue weighted by Crippen LogP contribution is -2.37. The zero-order valence-corrected chi connectivity index (χ0v) is 8.18. The van der Waals surface area contributed by atoms with Crippen LogP contribution in [0.2, 0.25) is 0 Å². The topological polar surface area (TPSA) is 101 Å². The average Bonchev–Trinajstić information content (AvgIpc) is 2.69. The van der Waals surface area contributed by atoms with Crippen LogP contribution in [-0.2, 0) is 4.79 Å². The highest BCUT2D eigenvalue weighted by atomic mass is 16.1. The van der Waals surface area contributed by atoms with Crippen LogP contribution in [-0.4, -0.2) is 51.1 Å². The molecule has 3 N–H and O–H groups in total. The molecular weight excluding hydrogens is 196 g/mol. The van der Waals surface area contributed by atoms with Gasteiger partial charge in [0.25, 0.3) is 0 Å². The maximum atomic E-state index is 10.8. The highest BCUT2D eigenvalue weighted by molar-refractivity contribution is 5.76. The first-order chi connectivity index (χ1) is 7.25. The number of hydrogen-bond donors (Lipinski definition) is 2. The molecule has 0 saturated heterocycles. The number of nitrogens with one attached hydrogen (secondary N) is 1. The lowest BCUT2D eigenvalue weighted by molar-refractivity contribution is -0.119. The molecule has 1 amide bonds. The Morgan fingerprint density at radius 1 is 1.67 bits per heavy atom. The average molecular weight is 208 g/mol. The third-order valence-corrected chi connectivity index (χ3v) is 2.24. The Balaban J connectivity index is 2.03. The third-order valence-electron chi connectivity index (χ3n) is 2.24. The second-order valence-corrected chi connectivity index (χ2v) is 3.43. The second-order valence-electron chi connectivity index (χ2n) is 3.43. The number of tetrazole rings is 1. The number of aromatic nitrogens is 4. The van der Waals surface area contributed by atoms with E-state index in [1.54, 1.807) is 0 Å². The third kappa shape index (κ3) is 2.38. The van der Waals surface area contributed by atoms with Crippen molar-refractivity contribution in [3.8, 4) is 0 Å². The van der Waals surface area contributed by atoms with E-state index in [9.17, 15) is 4.79 Å². The normalized spacial score (nSPS) is 17.5. The highest BCUT2D eigenvalue weighted by Gasteiger charge is 2.17. The van der Waals surface area contributed by atoms with Crippen molar-refractivity contribution in [2.24, 2.45) is 5.73 Å². The Labute approximate surface area is 86.3 Å². The van der Waals surface area contributed by atoms with Gasteiger partial charge in [0.05, 0.1) is 6.54 Å². The number of H-pyrrole nitrogens is 1. The van der Waals surface area contributed by atoms with E-state index in [0.29, 0.717) is 12.4 Å². The van der Waals surface area contributed by atoms with Gasteiger partial charge >= 0.3 is 0 Å². The first-order valence-corrected chi connectivity index (χ1v) is 4.69. The molecule has 80 valence electrons. The van der Waals surface area contributed by atoms with E-state index in [2.05, 4.69) is 26.7 Å². The first-order valence-electron chi connectivity index (χ1n) is 4.69. The Morgan fingerprint density at radius 2 is 2.53 bits per heavy atom. The van der Waals surface area contributed by atoms with Crippen molar-refractivity contribution in [1.82, 2.24) is 25.5 Å². The molecule has 0 saturated carbocycles. The minimum atomic E-state index is -0.315. The summed E-state index contributed by atoms with van der Waals surface area (Å²) in [6.07, 6.45) is 2.93. The molecule has 0 fully saturated rings. The van der Waals surface area contributed by atoms with Gasteiger partial charge in [-0.1, -0.05) is 6.08 Å². The molecule has 0 unspecified atom stereocenters. The molecule has 1 aromatic heterocycles. The molecule has 7 nitrogen and oxygen atoms in total. The van der Waals surface area contributed by atoms with Crippen molar-refractivity contribution in [2.75, 3.05) is 19.6 Å². The molecule has 0 aliphatic carbocycles. The van der Waals surface area contributed by atoms with Crippen molar-refractivity contribution in [3.05, 3.63) is 11.9 Å². The molecule has 0 spiro atoms. The van der Waals surface area contributed by atoms with Crippen molar-refractivity contribution < 1.29 is 4.79 Å². The van der Waals surface area contributed by atoms with Gasteiger partial charge in [-0.25, -0.2) is 0 Å². The monoisotopic (exact) mass is 208 g/mol. The van der Waals surface area contributed by atoms with E-state index in [1.807, 2.05) is 4.90 Å². The maximum Gasteiger partial charge on any atom is 0.231 e. The Morgan fingerprint density at radius 3 is 3.20 bits per heavy atom. The number of nitrogens with two attached hydrogens (primary N) is 1. The maximum absolute atomic E-state index is 10.8. The van der Waals surface area contributed by atoms with Crippen LogP contribution in [0.5, 0.6) is 0 Å². The van der Waals surface area contributed by atoms with Gasteiger partial charge in [0.2, 0.25) is 11.7 Å². The molecule has 1 aliphatic heterocycles. The van der Waals surface area contributed by atoms with Gasteiger partial charge in [0, 0.05) is 18.7 Å². The van der Waals surface area contributed by atoms with Gasteiger partial charge in [0.1, 0.15) is 0 Å². The van der Waals surface area contributed by atoms with Gasteiger partial charge in [-0.2, -0.15) is 5.21 Å². The standard InChI is InChI=1S/C8H12N6O/c9-7(15)5-14-3-1-2-6(4-14)8-10-12-13-11-8/h2H,1,3-5H2,(H2,9,15)(H,10,11,12,13). The number of nitrogens with zero attached hydrogens (tertiary/aromatic N) is 4. The lowest BCUT2D eigenvalue weighted by atomic mass is 10.1. The lowest BCUT2D eigenvalue weighted by Gasteiger charge is -2.24. The van der Waals surface area contributed by atoms with E-state index in [4.69, 9.17) is 5.73 Å². The minimum Gasteiger partial charge on any atom is -0.369 e. The van der Waals surface area contributed by atoms with E-state index >= 15 is 0 Å². The number of aromatic amines is 1. The zero-order valence-electron chi connectivity index (χ0n) is 8.18. The molecule has 0 bridgehead atoms. The van der Waals surface area contributed by atoms with Crippen molar-refractivity contribution in [1.29, 1.82) is 0 Å². The Kier molecular flexibility index (Phi) is 2.72. The second kappa shape index (κ2) is 4.18.